The summed E-state index contributed by atoms with van der Waals surface area (Å²) in [5.41, 5.74) is 2.74. The van der Waals surface area contributed by atoms with E-state index in [0.29, 0.717) is 12.5 Å². The first-order valence-electron chi connectivity index (χ1n) is 5.80. The van der Waals surface area contributed by atoms with Crippen molar-refractivity contribution in [2.45, 2.75) is 25.4 Å². The number of rotatable bonds is 3. The smallest absolute Gasteiger partial charge is 0.0716 e. The minimum atomic E-state index is 0.620. The van der Waals surface area contributed by atoms with Gasteiger partial charge in [-0.15, -0.1) is 0 Å². The van der Waals surface area contributed by atoms with Gasteiger partial charge in [-0.2, -0.15) is 0 Å². The van der Waals surface area contributed by atoms with Gasteiger partial charge in [-0.25, -0.2) is 0 Å². The average molecular weight is 284 g/mol. The van der Waals surface area contributed by atoms with Crippen LogP contribution in [0.1, 0.15) is 29.9 Å². The molecule has 1 aliphatic heterocycles. The van der Waals surface area contributed by atoms with Crippen LogP contribution in [-0.4, -0.2) is 20.2 Å². The lowest BCUT2D eigenvalue weighted by Gasteiger charge is -2.26. The van der Waals surface area contributed by atoms with Gasteiger partial charge in [0.15, 0.2) is 0 Å². The second-order valence-electron chi connectivity index (χ2n) is 4.29. The predicted octanol–water partition coefficient (Wildman–Crippen LogP) is 3.06. The second-order valence-corrected chi connectivity index (χ2v) is 5.14. The minimum absolute atomic E-state index is 0.620. The molecule has 2 rings (SSSR count). The minimum Gasteiger partial charge on any atom is -0.380 e. The number of methoxy groups -OCH3 is 1. The van der Waals surface area contributed by atoms with Crippen molar-refractivity contribution in [2.75, 3.05) is 20.2 Å². The van der Waals surface area contributed by atoms with Gasteiger partial charge in [-0.1, -0.05) is 28.1 Å². The molecule has 1 aromatic rings. The van der Waals surface area contributed by atoms with E-state index in [1.54, 1.807) is 7.11 Å². The molecule has 3 heteroatoms. The summed E-state index contributed by atoms with van der Waals surface area (Å²) in [5.74, 6) is 0.620. The first-order chi connectivity index (χ1) is 7.83. The maximum absolute atomic E-state index is 5.27. The fourth-order valence-corrected chi connectivity index (χ4v) is 3.15. The van der Waals surface area contributed by atoms with Crippen LogP contribution < -0.4 is 5.32 Å². The Morgan fingerprint density at radius 1 is 1.50 bits per heavy atom. The summed E-state index contributed by atoms with van der Waals surface area (Å²) >= 11 is 3.67. The first-order valence-corrected chi connectivity index (χ1v) is 6.59. The summed E-state index contributed by atoms with van der Waals surface area (Å²) in [6.07, 6.45) is 2.53. The van der Waals surface area contributed by atoms with E-state index in [0.717, 1.165) is 13.1 Å². The van der Waals surface area contributed by atoms with Crippen LogP contribution >= 0.6 is 15.9 Å². The molecule has 1 heterocycles. The summed E-state index contributed by atoms with van der Waals surface area (Å²) in [4.78, 5) is 0. The lowest BCUT2D eigenvalue weighted by molar-refractivity contribution is 0.183. The zero-order valence-electron chi connectivity index (χ0n) is 9.63. The quantitative estimate of drug-likeness (QED) is 0.921. The molecule has 1 unspecified atom stereocenters. The van der Waals surface area contributed by atoms with E-state index in [-0.39, 0.29) is 0 Å². The molecule has 1 aromatic carbocycles. The van der Waals surface area contributed by atoms with Crippen LogP contribution in [0, 0.1) is 0 Å². The van der Waals surface area contributed by atoms with Gasteiger partial charge < -0.3 is 10.1 Å². The Hall–Kier alpha value is -0.380. The Labute approximate surface area is 106 Å². The molecule has 1 saturated heterocycles. The van der Waals surface area contributed by atoms with E-state index in [2.05, 4.69) is 39.4 Å². The second kappa shape index (κ2) is 5.80. The molecule has 0 aliphatic carbocycles. The zero-order chi connectivity index (χ0) is 11.4. The van der Waals surface area contributed by atoms with Gasteiger partial charge in [0.1, 0.15) is 0 Å². The highest BCUT2D eigenvalue weighted by Crippen LogP contribution is 2.32. The third-order valence-electron chi connectivity index (χ3n) is 3.15. The number of halogens is 1. The maximum atomic E-state index is 5.27. The molecule has 0 radical (unpaired) electrons. The number of hydrogen-bond donors (Lipinski definition) is 1. The summed E-state index contributed by atoms with van der Waals surface area (Å²) in [6.45, 7) is 2.94. The zero-order valence-corrected chi connectivity index (χ0v) is 11.2. The Bertz CT molecular complexity index is 348. The van der Waals surface area contributed by atoms with Crippen LogP contribution in [0.3, 0.4) is 0 Å². The molecular weight excluding hydrogens is 266 g/mol. The van der Waals surface area contributed by atoms with Gasteiger partial charge in [0.25, 0.3) is 0 Å². The molecule has 1 fully saturated rings. The van der Waals surface area contributed by atoms with Crippen LogP contribution in [-0.2, 0) is 11.3 Å². The third kappa shape index (κ3) is 2.65. The van der Waals surface area contributed by atoms with Crippen LogP contribution in [0.2, 0.25) is 0 Å². The fourth-order valence-electron chi connectivity index (χ4n) is 2.42. The van der Waals surface area contributed by atoms with Crippen LogP contribution in [0.5, 0.6) is 0 Å². The van der Waals surface area contributed by atoms with E-state index in [4.69, 9.17) is 4.74 Å². The highest BCUT2D eigenvalue weighted by molar-refractivity contribution is 9.10. The molecule has 0 aromatic heterocycles. The maximum Gasteiger partial charge on any atom is 0.0716 e. The molecular formula is C13H18BrNO. The van der Waals surface area contributed by atoms with Gasteiger partial charge in [-0.3, -0.25) is 0 Å². The lowest BCUT2D eigenvalue weighted by Crippen LogP contribution is -2.29. The number of nitrogens with one attached hydrogen (secondary N) is 1. The molecule has 0 spiro atoms. The van der Waals surface area contributed by atoms with E-state index in [1.807, 2.05) is 0 Å². The van der Waals surface area contributed by atoms with Crippen LogP contribution in [0.15, 0.2) is 22.7 Å². The first kappa shape index (κ1) is 12.1. The monoisotopic (exact) mass is 283 g/mol. The summed E-state index contributed by atoms with van der Waals surface area (Å²) in [6, 6.07) is 6.37. The van der Waals surface area contributed by atoms with Crippen molar-refractivity contribution in [1.82, 2.24) is 5.32 Å². The van der Waals surface area contributed by atoms with Crippen molar-refractivity contribution in [2.24, 2.45) is 0 Å². The van der Waals surface area contributed by atoms with Gasteiger partial charge in [-0.05, 0) is 42.5 Å². The van der Waals surface area contributed by atoms with Crippen LogP contribution in [0.25, 0.3) is 0 Å². The molecule has 0 saturated carbocycles. The highest BCUT2D eigenvalue weighted by Gasteiger charge is 2.20. The summed E-state index contributed by atoms with van der Waals surface area (Å²) in [7, 11) is 1.75. The van der Waals surface area contributed by atoms with E-state index >= 15 is 0 Å². The Morgan fingerprint density at radius 3 is 3.06 bits per heavy atom. The summed E-state index contributed by atoms with van der Waals surface area (Å²) in [5, 5.41) is 3.47. The number of hydrogen-bond acceptors (Lipinski definition) is 2. The highest BCUT2D eigenvalue weighted by atomic mass is 79.9. The Morgan fingerprint density at radius 2 is 2.38 bits per heavy atom. The largest absolute Gasteiger partial charge is 0.380 e. The summed E-state index contributed by atoms with van der Waals surface area (Å²) < 4.78 is 6.49. The molecule has 1 aliphatic rings. The van der Waals surface area contributed by atoms with Crippen molar-refractivity contribution in [1.29, 1.82) is 0 Å². The average Bonchev–Trinajstić information content (AvgIpc) is 2.31. The van der Waals surface area contributed by atoms with Gasteiger partial charge in [0.05, 0.1) is 6.61 Å². The fraction of sp³-hybridized carbons (Fsp3) is 0.538. The van der Waals surface area contributed by atoms with E-state index < -0.39 is 0 Å². The number of benzene rings is 1. The Balaban J connectivity index is 2.28. The lowest BCUT2D eigenvalue weighted by atomic mass is 9.88. The van der Waals surface area contributed by atoms with Gasteiger partial charge >= 0.3 is 0 Å². The van der Waals surface area contributed by atoms with Crippen LogP contribution in [0.4, 0.5) is 0 Å². The molecule has 2 nitrogen and oxygen atoms in total. The van der Waals surface area contributed by atoms with Crippen molar-refractivity contribution in [3.63, 3.8) is 0 Å². The molecule has 0 bridgehead atoms. The van der Waals surface area contributed by atoms with Crippen molar-refractivity contribution >= 4 is 15.9 Å². The topological polar surface area (TPSA) is 21.3 Å². The van der Waals surface area contributed by atoms with Crippen molar-refractivity contribution in [3.8, 4) is 0 Å². The number of ether oxygens (including phenoxy) is 1. The molecule has 1 atom stereocenters. The van der Waals surface area contributed by atoms with Crippen molar-refractivity contribution < 1.29 is 4.74 Å². The molecule has 88 valence electrons. The molecule has 16 heavy (non-hydrogen) atoms. The number of piperidine rings is 1. The normalized spacial score (nSPS) is 21.0. The Kier molecular flexibility index (Phi) is 4.38. The van der Waals surface area contributed by atoms with E-state index in [1.165, 1.54) is 28.4 Å². The predicted molar refractivity (Wildman–Crippen MR) is 69.7 cm³/mol. The molecule has 0 amide bonds. The standard InChI is InChI=1S/C13H18BrNO/c1-16-9-11-4-2-6-12(14)13(11)10-5-3-7-15-8-10/h2,4,6,10,15H,3,5,7-9H2,1H3. The van der Waals surface area contributed by atoms with Gasteiger partial charge in [0, 0.05) is 18.1 Å². The SMILES string of the molecule is COCc1cccc(Br)c1C1CCCNC1. The van der Waals surface area contributed by atoms with E-state index in [9.17, 15) is 0 Å². The third-order valence-corrected chi connectivity index (χ3v) is 3.84. The molecule has 1 N–H and O–H groups in total. The van der Waals surface area contributed by atoms with Gasteiger partial charge in [0.2, 0.25) is 0 Å². The van der Waals surface area contributed by atoms with Crippen molar-refractivity contribution in [3.05, 3.63) is 33.8 Å².